The number of rotatable bonds is 1. The van der Waals surface area contributed by atoms with Gasteiger partial charge in [-0.15, -0.1) is 4.57 Å². The van der Waals surface area contributed by atoms with Gasteiger partial charge in [-0.3, -0.25) is 5.41 Å². The number of hydrogen-bond acceptors (Lipinski definition) is 2. The largest absolute Gasteiger partial charge is 0.351 e. The fourth-order valence-corrected chi connectivity index (χ4v) is 1.19. The predicted octanol–water partition coefficient (Wildman–Crippen LogP) is 1.20. The number of aromatic nitrogens is 1. The molecule has 13 heavy (non-hydrogen) atoms. The molecule has 0 aromatic carbocycles. The summed E-state index contributed by atoms with van der Waals surface area (Å²) in [6.45, 7) is 3.89. The quantitative estimate of drug-likeness (QED) is 0.386. The third-order valence-electron chi connectivity index (χ3n) is 1.62. The molecule has 64 valence electrons. The Morgan fingerprint density at radius 1 is 1.38 bits per heavy atom. The molecule has 1 heterocycles. The first-order chi connectivity index (χ1) is 6.17. The van der Waals surface area contributed by atoms with Crippen LogP contribution in [0, 0.1) is 30.6 Å². The fraction of sp³-hybridized carbons (Fsp3) is 0.200. The summed E-state index contributed by atoms with van der Waals surface area (Å²) in [5.41, 5.74) is 2.32. The molecule has 1 aromatic heterocycles. The Morgan fingerprint density at radius 3 is 2.31 bits per heavy atom. The Bertz CT molecular complexity index is 400. The third-order valence-corrected chi connectivity index (χ3v) is 1.62. The average Bonchev–Trinajstić information content (AvgIpc) is 2.04. The van der Waals surface area contributed by atoms with Gasteiger partial charge in [0, 0.05) is 11.1 Å². The summed E-state index contributed by atoms with van der Waals surface area (Å²) in [4.78, 5) is 0. The van der Waals surface area contributed by atoms with Gasteiger partial charge >= 0.3 is 5.70 Å². The fourth-order valence-electron chi connectivity index (χ4n) is 1.19. The van der Waals surface area contributed by atoms with E-state index in [0.717, 1.165) is 11.1 Å². The molecule has 3 heteroatoms. The minimum Gasteiger partial charge on any atom is -0.252 e. The number of nitrogens with one attached hydrogen (secondary N) is 1. The molecule has 0 radical (unpaired) electrons. The van der Waals surface area contributed by atoms with Gasteiger partial charge in [-0.2, -0.15) is 5.26 Å². The van der Waals surface area contributed by atoms with Crippen LogP contribution in [0.4, 0.5) is 0 Å². The van der Waals surface area contributed by atoms with Gasteiger partial charge in [0.2, 0.25) is 0 Å². The molecular formula is C10H10N3+. The van der Waals surface area contributed by atoms with E-state index in [1.54, 1.807) is 17.0 Å². The van der Waals surface area contributed by atoms with Gasteiger partial charge in [0.1, 0.15) is 0 Å². The van der Waals surface area contributed by atoms with Crippen molar-refractivity contribution in [2.75, 3.05) is 0 Å². The lowest BCUT2D eigenvalue weighted by atomic mass is 10.2. The highest BCUT2D eigenvalue weighted by Gasteiger charge is 2.09. The summed E-state index contributed by atoms with van der Waals surface area (Å²) in [7, 11) is 0. The van der Waals surface area contributed by atoms with Crippen molar-refractivity contribution >= 4 is 11.6 Å². The third kappa shape index (κ3) is 2.02. The summed E-state index contributed by atoms with van der Waals surface area (Å²) in [5.74, 6) is 2.09. The molecule has 0 aliphatic rings. The van der Waals surface area contributed by atoms with Crippen molar-refractivity contribution in [3.05, 3.63) is 29.6 Å². The van der Waals surface area contributed by atoms with Crippen LogP contribution in [0.2, 0.25) is 0 Å². The normalized spacial score (nSPS) is 8.69. The second kappa shape index (κ2) is 3.66. The molecule has 0 amide bonds. The first-order valence-corrected chi connectivity index (χ1v) is 3.87. The van der Waals surface area contributed by atoms with E-state index in [2.05, 4.69) is 5.87 Å². The van der Waals surface area contributed by atoms with Crippen LogP contribution in [0.3, 0.4) is 0 Å². The second-order valence-electron chi connectivity index (χ2n) is 2.88. The lowest BCUT2D eigenvalue weighted by Crippen LogP contribution is -2.32. The maximum atomic E-state index is 8.67. The van der Waals surface area contributed by atoms with Crippen LogP contribution in [0.25, 0.3) is 5.70 Å². The van der Waals surface area contributed by atoms with Crippen molar-refractivity contribution in [1.82, 2.24) is 0 Å². The molecule has 0 saturated carbocycles. The molecule has 3 nitrogen and oxygen atoms in total. The topological polar surface area (TPSA) is 51.5 Å². The highest BCUT2D eigenvalue weighted by atomic mass is 14.9. The van der Waals surface area contributed by atoms with E-state index < -0.39 is 0 Å². The zero-order chi connectivity index (χ0) is 9.84. The Hall–Kier alpha value is -1.91. The van der Waals surface area contributed by atoms with Crippen LogP contribution < -0.4 is 4.57 Å². The standard InChI is InChI=1S/C10H10N3/c1-8-3-9(2)7-13(6-8)10(4-11)5-12/h3,6-7,11H,1-2H3/q+1. The zero-order valence-electron chi connectivity index (χ0n) is 7.63. The Balaban J connectivity index is 3.32. The highest BCUT2D eigenvalue weighted by Crippen LogP contribution is 1.98. The van der Waals surface area contributed by atoms with Crippen LogP contribution in [0.15, 0.2) is 18.5 Å². The molecule has 0 aliphatic heterocycles. The Labute approximate surface area is 77.1 Å². The van der Waals surface area contributed by atoms with E-state index in [1.165, 1.54) is 0 Å². The van der Waals surface area contributed by atoms with Gasteiger partial charge < -0.3 is 0 Å². The van der Waals surface area contributed by atoms with Gasteiger partial charge in [-0.1, -0.05) is 0 Å². The summed E-state index contributed by atoms with van der Waals surface area (Å²) in [6, 6.07) is 3.91. The van der Waals surface area contributed by atoms with Gasteiger partial charge in [-0.05, 0) is 19.9 Å². The van der Waals surface area contributed by atoms with Crippen LogP contribution in [0.1, 0.15) is 11.1 Å². The molecule has 1 aromatic rings. The van der Waals surface area contributed by atoms with Gasteiger partial charge in [0.25, 0.3) is 0 Å². The summed E-state index contributed by atoms with van der Waals surface area (Å²) < 4.78 is 1.61. The number of aryl methyl sites for hydroxylation is 2. The summed E-state index contributed by atoms with van der Waals surface area (Å²) >= 11 is 0. The molecule has 0 spiro atoms. The molecule has 0 unspecified atom stereocenters. The van der Waals surface area contributed by atoms with E-state index in [-0.39, 0.29) is 5.70 Å². The highest BCUT2D eigenvalue weighted by molar-refractivity contribution is 5.80. The second-order valence-corrected chi connectivity index (χ2v) is 2.88. The number of allylic oxidation sites excluding steroid dienone is 1. The molecule has 0 atom stereocenters. The van der Waals surface area contributed by atoms with E-state index in [4.69, 9.17) is 10.7 Å². The SMILES string of the molecule is Cc1cc(C)c[n+](C(=C=N)C#N)c1. The van der Waals surface area contributed by atoms with Crippen molar-refractivity contribution in [2.45, 2.75) is 13.8 Å². The summed E-state index contributed by atoms with van der Waals surface area (Å²) in [6.07, 6.45) is 3.60. The van der Waals surface area contributed by atoms with E-state index >= 15 is 0 Å². The van der Waals surface area contributed by atoms with Gasteiger partial charge in [-0.25, -0.2) is 0 Å². The molecule has 0 aliphatic carbocycles. The van der Waals surface area contributed by atoms with Crippen LogP contribution in [-0.4, -0.2) is 5.87 Å². The van der Waals surface area contributed by atoms with E-state index in [1.807, 2.05) is 26.0 Å². The van der Waals surface area contributed by atoms with E-state index in [0.29, 0.717) is 0 Å². The number of nitriles is 1. The van der Waals surface area contributed by atoms with Gasteiger partial charge in [0.05, 0.1) is 5.87 Å². The van der Waals surface area contributed by atoms with Crippen molar-refractivity contribution in [3.8, 4) is 6.07 Å². The Morgan fingerprint density at radius 2 is 1.92 bits per heavy atom. The number of pyridine rings is 1. The smallest absolute Gasteiger partial charge is 0.252 e. The van der Waals surface area contributed by atoms with Crippen molar-refractivity contribution in [2.24, 2.45) is 0 Å². The van der Waals surface area contributed by atoms with Crippen molar-refractivity contribution in [1.29, 1.82) is 10.7 Å². The monoisotopic (exact) mass is 172 g/mol. The zero-order valence-corrected chi connectivity index (χ0v) is 7.63. The molecule has 0 saturated heterocycles. The van der Waals surface area contributed by atoms with Crippen LogP contribution in [-0.2, 0) is 0 Å². The number of hydrogen-bond donors (Lipinski definition) is 1. The van der Waals surface area contributed by atoms with Gasteiger partial charge in [0.15, 0.2) is 18.5 Å². The van der Waals surface area contributed by atoms with Crippen LogP contribution >= 0.6 is 0 Å². The van der Waals surface area contributed by atoms with Crippen LogP contribution in [0.5, 0.6) is 0 Å². The lowest BCUT2D eigenvalue weighted by molar-refractivity contribution is -0.576. The minimum atomic E-state index is 0.201. The molecule has 0 fully saturated rings. The van der Waals surface area contributed by atoms with Crippen molar-refractivity contribution in [3.63, 3.8) is 0 Å². The average molecular weight is 172 g/mol. The molecule has 0 bridgehead atoms. The molecule has 1 rings (SSSR count). The lowest BCUT2D eigenvalue weighted by Gasteiger charge is -1.94. The maximum absolute atomic E-state index is 8.67. The first kappa shape index (κ1) is 9.18. The number of nitrogens with zero attached hydrogens (tertiary/aromatic N) is 2. The molecule has 1 N–H and O–H groups in total. The predicted molar refractivity (Wildman–Crippen MR) is 49.2 cm³/mol. The maximum Gasteiger partial charge on any atom is 0.351 e. The van der Waals surface area contributed by atoms with E-state index in [9.17, 15) is 0 Å². The summed E-state index contributed by atoms with van der Waals surface area (Å²) in [5, 5.41) is 15.6. The molecular weight excluding hydrogens is 162 g/mol. The first-order valence-electron chi connectivity index (χ1n) is 3.87. The minimum absolute atomic E-state index is 0.201. The van der Waals surface area contributed by atoms with Crippen molar-refractivity contribution < 1.29 is 4.57 Å². The Kier molecular flexibility index (Phi) is 2.59.